The Morgan fingerprint density at radius 2 is 2.19 bits per heavy atom. The van der Waals surface area contributed by atoms with Crippen molar-refractivity contribution in [2.24, 2.45) is 0 Å². The summed E-state index contributed by atoms with van der Waals surface area (Å²) in [4.78, 5) is 39.2. The number of imide groups is 1. The van der Waals surface area contributed by atoms with Gasteiger partial charge in [-0.05, 0) is 38.8 Å². The first-order valence-electron chi connectivity index (χ1n) is 7.19. The highest BCUT2D eigenvalue weighted by Gasteiger charge is 2.36. The zero-order valence-corrected chi connectivity index (χ0v) is 13.2. The number of rotatable bonds is 6. The largest absolute Gasteiger partial charge is 0.330 e. The highest BCUT2D eigenvalue weighted by atomic mass is 32.1. The number of thiophene rings is 1. The predicted octanol–water partition coefficient (Wildman–Crippen LogP) is 1.64. The SMILES string of the molecule is CCN(C(=O)CCCc1ccc(C)s1)[C@H]1CC(=O)NC1=O. The van der Waals surface area contributed by atoms with E-state index in [0.717, 1.165) is 12.8 Å². The fourth-order valence-electron chi connectivity index (χ4n) is 2.54. The molecule has 0 bridgehead atoms. The number of carbonyl (C=O) groups is 3. The minimum atomic E-state index is -0.626. The van der Waals surface area contributed by atoms with Gasteiger partial charge >= 0.3 is 0 Å². The molecule has 114 valence electrons. The van der Waals surface area contributed by atoms with Crippen molar-refractivity contribution in [3.05, 3.63) is 21.9 Å². The van der Waals surface area contributed by atoms with E-state index in [9.17, 15) is 14.4 Å². The number of aryl methyl sites for hydroxylation is 2. The van der Waals surface area contributed by atoms with Gasteiger partial charge in [-0.3, -0.25) is 19.7 Å². The van der Waals surface area contributed by atoms with Crippen molar-refractivity contribution in [3.63, 3.8) is 0 Å². The minimum Gasteiger partial charge on any atom is -0.330 e. The lowest BCUT2D eigenvalue weighted by atomic mass is 10.1. The van der Waals surface area contributed by atoms with Crippen LogP contribution in [-0.4, -0.2) is 35.2 Å². The number of carbonyl (C=O) groups excluding carboxylic acids is 3. The summed E-state index contributed by atoms with van der Waals surface area (Å²) in [5.41, 5.74) is 0. The molecule has 1 N–H and O–H groups in total. The summed E-state index contributed by atoms with van der Waals surface area (Å²) in [6, 6.07) is 3.54. The van der Waals surface area contributed by atoms with Crippen LogP contribution >= 0.6 is 11.3 Å². The average Bonchev–Trinajstić information content (AvgIpc) is 2.97. The molecule has 0 aromatic carbocycles. The van der Waals surface area contributed by atoms with Crippen molar-refractivity contribution in [1.29, 1.82) is 0 Å². The van der Waals surface area contributed by atoms with Crippen LogP contribution in [0.15, 0.2) is 12.1 Å². The minimum absolute atomic E-state index is 0.0550. The van der Waals surface area contributed by atoms with Crippen molar-refractivity contribution in [2.75, 3.05) is 6.54 Å². The first-order valence-corrected chi connectivity index (χ1v) is 8.01. The number of amides is 3. The summed E-state index contributed by atoms with van der Waals surface area (Å²) >= 11 is 1.75. The van der Waals surface area contributed by atoms with Crippen molar-refractivity contribution in [1.82, 2.24) is 10.2 Å². The molecular formula is C15H20N2O3S. The zero-order valence-electron chi connectivity index (χ0n) is 12.3. The molecular weight excluding hydrogens is 288 g/mol. The molecule has 1 aliphatic rings. The molecule has 0 radical (unpaired) electrons. The van der Waals surface area contributed by atoms with Gasteiger partial charge in [-0.15, -0.1) is 11.3 Å². The van der Waals surface area contributed by atoms with E-state index < -0.39 is 6.04 Å². The Morgan fingerprint density at radius 3 is 2.71 bits per heavy atom. The van der Waals surface area contributed by atoms with Gasteiger partial charge < -0.3 is 4.90 Å². The van der Waals surface area contributed by atoms with Crippen LogP contribution in [0.2, 0.25) is 0 Å². The lowest BCUT2D eigenvalue weighted by Gasteiger charge is -2.25. The van der Waals surface area contributed by atoms with Crippen LogP contribution in [0.5, 0.6) is 0 Å². The molecule has 5 nitrogen and oxygen atoms in total. The standard InChI is InChI=1S/C15H20N2O3S/c1-3-17(12-9-13(18)16-15(12)20)14(19)6-4-5-11-8-7-10(2)21-11/h7-8,12H,3-6,9H2,1-2H3,(H,16,18,20)/t12-/m0/s1. The highest BCUT2D eigenvalue weighted by Crippen LogP contribution is 2.18. The van der Waals surface area contributed by atoms with E-state index >= 15 is 0 Å². The van der Waals surface area contributed by atoms with E-state index in [2.05, 4.69) is 24.4 Å². The molecule has 0 saturated carbocycles. The molecule has 1 atom stereocenters. The zero-order chi connectivity index (χ0) is 15.4. The summed E-state index contributed by atoms with van der Waals surface area (Å²) in [7, 11) is 0. The third kappa shape index (κ3) is 3.91. The Labute approximate surface area is 128 Å². The Balaban J connectivity index is 1.85. The molecule has 0 unspecified atom stereocenters. The van der Waals surface area contributed by atoms with E-state index in [1.165, 1.54) is 14.7 Å². The van der Waals surface area contributed by atoms with Crippen LogP contribution in [0.1, 0.15) is 35.9 Å². The quantitative estimate of drug-likeness (QED) is 0.813. The fraction of sp³-hybridized carbons (Fsp3) is 0.533. The highest BCUT2D eigenvalue weighted by molar-refractivity contribution is 7.11. The maximum Gasteiger partial charge on any atom is 0.249 e. The monoisotopic (exact) mass is 308 g/mol. The predicted molar refractivity (Wildman–Crippen MR) is 80.9 cm³/mol. The molecule has 1 aromatic rings. The van der Waals surface area contributed by atoms with E-state index in [1.807, 2.05) is 6.92 Å². The van der Waals surface area contributed by atoms with Gasteiger partial charge in [0.05, 0.1) is 6.42 Å². The average molecular weight is 308 g/mol. The number of hydrogen-bond acceptors (Lipinski definition) is 4. The maximum absolute atomic E-state index is 12.2. The van der Waals surface area contributed by atoms with Gasteiger partial charge in [-0.1, -0.05) is 0 Å². The lowest BCUT2D eigenvalue weighted by Crippen LogP contribution is -2.44. The van der Waals surface area contributed by atoms with Crippen LogP contribution in [0.4, 0.5) is 0 Å². The molecule has 0 spiro atoms. The second kappa shape index (κ2) is 6.85. The maximum atomic E-state index is 12.2. The second-order valence-electron chi connectivity index (χ2n) is 5.18. The number of nitrogens with one attached hydrogen (secondary N) is 1. The molecule has 3 amide bonds. The molecule has 1 aromatic heterocycles. The Hall–Kier alpha value is -1.69. The second-order valence-corrected chi connectivity index (χ2v) is 6.55. The molecule has 1 fully saturated rings. The van der Waals surface area contributed by atoms with Gasteiger partial charge in [0.2, 0.25) is 17.7 Å². The first kappa shape index (κ1) is 15.7. The molecule has 6 heteroatoms. The number of likely N-dealkylation sites (N-methyl/N-ethyl adjacent to an activating group) is 1. The van der Waals surface area contributed by atoms with E-state index in [-0.39, 0.29) is 24.1 Å². The molecule has 1 saturated heterocycles. The summed E-state index contributed by atoms with van der Waals surface area (Å²) in [6.07, 6.45) is 2.13. The van der Waals surface area contributed by atoms with Gasteiger partial charge in [-0.2, -0.15) is 0 Å². The van der Waals surface area contributed by atoms with Crippen molar-refractivity contribution in [2.45, 2.75) is 45.6 Å². The number of nitrogens with zero attached hydrogens (tertiary/aromatic N) is 1. The van der Waals surface area contributed by atoms with Crippen LogP contribution in [0, 0.1) is 6.92 Å². The van der Waals surface area contributed by atoms with E-state index in [1.54, 1.807) is 11.3 Å². The molecule has 1 aliphatic heterocycles. The topological polar surface area (TPSA) is 66.5 Å². The van der Waals surface area contributed by atoms with Crippen molar-refractivity contribution in [3.8, 4) is 0 Å². The van der Waals surface area contributed by atoms with Crippen molar-refractivity contribution >= 4 is 29.1 Å². The van der Waals surface area contributed by atoms with Crippen LogP contribution in [0.3, 0.4) is 0 Å². The lowest BCUT2D eigenvalue weighted by molar-refractivity contribution is -0.138. The molecule has 0 aliphatic carbocycles. The van der Waals surface area contributed by atoms with Gasteiger partial charge in [0, 0.05) is 22.7 Å². The van der Waals surface area contributed by atoms with Crippen LogP contribution in [0.25, 0.3) is 0 Å². The first-order chi connectivity index (χ1) is 10.0. The van der Waals surface area contributed by atoms with Gasteiger partial charge in [0.1, 0.15) is 6.04 Å². The van der Waals surface area contributed by atoms with E-state index in [0.29, 0.717) is 13.0 Å². The Bertz CT molecular complexity index is 553. The Morgan fingerprint density at radius 1 is 1.43 bits per heavy atom. The fourth-order valence-corrected chi connectivity index (χ4v) is 3.47. The molecule has 21 heavy (non-hydrogen) atoms. The summed E-state index contributed by atoms with van der Waals surface area (Å²) < 4.78 is 0. The Kier molecular flexibility index (Phi) is 5.12. The molecule has 2 heterocycles. The van der Waals surface area contributed by atoms with Gasteiger partial charge in [0.25, 0.3) is 0 Å². The van der Waals surface area contributed by atoms with Gasteiger partial charge in [-0.25, -0.2) is 0 Å². The summed E-state index contributed by atoms with van der Waals surface area (Å²) in [5.74, 6) is -0.713. The summed E-state index contributed by atoms with van der Waals surface area (Å²) in [5, 5.41) is 2.25. The van der Waals surface area contributed by atoms with Crippen LogP contribution < -0.4 is 5.32 Å². The normalized spacial score (nSPS) is 17.9. The third-order valence-corrected chi connectivity index (χ3v) is 4.65. The smallest absolute Gasteiger partial charge is 0.249 e. The van der Waals surface area contributed by atoms with Gasteiger partial charge in [0.15, 0.2) is 0 Å². The summed E-state index contributed by atoms with van der Waals surface area (Å²) in [6.45, 7) is 4.34. The van der Waals surface area contributed by atoms with Crippen LogP contribution in [-0.2, 0) is 20.8 Å². The molecule has 2 rings (SSSR count). The third-order valence-electron chi connectivity index (χ3n) is 3.59. The van der Waals surface area contributed by atoms with E-state index in [4.69, 9.17) is 0 Å². The number of hydrogen-bond donors (Lipinski definition) is 1. The van der Waals surface area contributed by atoms with Crippen molar-refractivity contribution < 1.29 is 14.4 Å².